The molecule has 0 nitrogen and oxygen atoms in total. The fourth-order valence-corrected chi connectivity index (χ4v) is 0.956. The summed E-state index contributed by atoms with van der Waals surface area (Å²) in [6.07, 6.45) is 19.2. The molecular formula is C13H20. The first-order valence-corrected chi connectivity index (χ1v) is 5.01. The van der Waals surface area contributed by atoms with Gasteiger partial charge in [-0.25, -0.2) is 0 Å². The molecule has 0 atom stereocenters. The number of rotatable bonds is 7. The topological polar surface area (TPSA) is 0 Å². The van der Waals surface area contributed by atoms with Gasteiger partial charge in [0.15, 0.2) is 0 Å². The van der Waals surface area contributed by atoms with E-state index in [9.17, 15) is 0 Å². The summed E-state index contributed by atoms with van der Waals surface area (Å²) in [6, 6.07) is 0. The van der Waals surface area contributed by atoms with Crippen LogP contribution in [0.4, 0.5) is 0 Å². The monoisotopic (exact) mass is 176 g/mol. The molecule has 0 aromatic carbocycles. The van der Waals surface area contributed by atoms with Crippen LogP contribution in [0.25, 0.3) is 0 Å². The van der Waals surface area contributed by atoms with Crippen molar-refractivity contribution in [1.29, 1.82) is 0 Å². The van der Waals surface area contributed by atoms with Crippen molar-refractivity contribution in [2.24, 2.45) is 0 Å². The smallest absolute Gasteiger partial charge is 0.0345 e. The number of hydrogen-bond acceptors (Lipinski definition) is 0. The van der Waals surface area contributed by atoms with Gasteiger partial charge in [-0.1, -0.05) is 56.0 Å². The molecule has 0 heteroatoms. The lowest BCUT2D eigenvalue weighted by molar-refractivity contribution is 0.865. The highest BCUT2D eigenvalue weighted by molar-refractivity contribution is 5.08. The molecule has 0 saturated carbocycles. The molecule has 0 unspecified atom stereocenters. The number of hydrogen-bond donors (Lipinski definition) is 0. The normalized spacial score (nSPS) is 12.1. The van der Waals surface area contributed by atoms with E-state index in [4.69, 9.17) is 0 Å². The van der Waals surface area contributed by atoms with Gasteiger partial charge in [-0.3, -0.25) is 0 Å². The van der Waals surface area contributed by atoms with Crippen molar-refractivity contribution in [3.63, 3.8) is 0 Å². The molecule has 0 bridgehead atoms. The second-order valence-corrected chi connectivity index (χ2v) is 2.86. The van der Waals surface area contributed by atoms with E-state index in [1.807, 2.05) is 12.2 Å². The van der Waals surface area contributed by atoms with Crippen LogP contribution in [0.2, 0.25) is 0 Å². The third kappa shape index (κ3) is 11.0. The van der Waals surface area contributed by atoms with Crippen LogP contribution < -0.4 is 0 Å². The van der Waals surface area contributed by atoms with E-state index < -0.39 is 0 Å². The zero-order valence-corrected chi connectivity index (χ0v) is 8.58. The molecule has 0 amide bonds. The molecule has 0 radical (unpaired) electrons. The van der Waals surface area contributed by atoms with Crippen molar-refractivity contribution < 1.29 is 0 Å². The summed E-state index contributed by atoms with van der Waals surface area (Å²) in [5.41, 5.74) is 0. The highest BCUT2D eigenvalue weighted by atomic mass is 13.8. The van der Waals surface area contributed by atoms with Gasteiger partial charge in [-0.2, -0.15) is 0 Å². The summed E-state index contributed by atoms with van der Waals surface area (Å²) in [5, 5.41) is 0. The van der Waals surface area contributed by atoms with E-state index in [1.165, 1.54) is 12.8 Å². The Morgan fingerprint density at radius 1 is 0.923 bits per heavy atom. The maximum Gasteiger partial charge on any atom is -0.0345 e. The molecule has 0 spiro atoms. The van der Waals surface area contributed by atoms with E-state index in [0.29, 0.717) is 0 Å². The number of allylic oxidation sites excluding steroid dienone is 7. The molecule has 0 heterocycles. The quantitative estimate of drug-likeness (QED) is 0.306. The highest BCUT2D eigenvalue weighted by Gasteiger charge is 1.78. The second kappa shape index (κ2) is 11.0. The van der Waals surface area contributed by atoms with Gasteiger partial charge in [0.25, 0.3) is 0 Å². The minimum absolute atomic E-state index is 1.15. The molecule has 0 aromatic heterocycles. The summed E-state index contributed by atoms with van der Waals surface area (Å²) in [7, 11) is 0. The van der Waals surface area contributed by atoms with E-state index >= 15 is 0 Å². The van der Waals surface area contributed by atoms with Crippen LogP contribution in [0.1, 0.15) is 32.6 Å². The van der Waals surface area contributed by atoms with Gasteiger partial charge in [0.2, 0.25) is 0 Å². The van der Waals surface area contributed by atoms with E-state index in [-0.39, 0.29) is 0 Å². The molecule has 0 aliphatic heterocycles. The first kappa shape index (κ1) is 12.0. The average Bonchev–Trinajstić information content (AvgIpc) is 2.16. The highest BCUT2D eigenvalue weighted by Crippen LogP contribution is 1.98. The van der Waals surface area contributed by atoms with Crippen molar-refractivity contribution in [3.05, 3.63) is 49.1 Å². The Bertz CT molecular complexity index is 182. The molecule has 0 aliphatic carbocycles. The SMILES string of the molecule is C=CC=CC=CCCCC=CCC. The summed E-state index contributed by atoms with van der Waals surface area (Å²) in [4.78, 5) is 0. The van der Waals surface area contributed by atoms with Crippen LogP contribution in [0, 0.1) is 0 Å². The van der Waals surface area contributed by atoms with E-state index in [0.717, 1.165) is 12.8 Å². The Hall–Kier alpha value is -1.04. The standard InChI is InChI=1S/C13H20/c1-3-5-7-9-11-13-12-10-8-6-4-2/h3,5-9,11H,1,4,10,12-13H2,2H3. The lowest BCUT2D eigenvalue weighted by atomic mass is 10.2. The van der Waals surface area contributed by atoms with Crippen molar-refractivity contribution in [2.75, 3.05) is 0 Å². The maximum absolute atomic E-state index is 3.60. The van der Waals surface area contributed by atoms with Crippen LogP contribution >= 0.6 is 0 Å². The molecular weight excluding hydrogens is 156 g/mol. The summed E-state index contributed by atoms with van der Waals surface area (Å²) >= 11 is 0. The Morgan fingerprint density at radius 2 is 1.69 bits per heavy atom. The summed E-state index contributed by atoms with van der Waals surface area (Å²) < 4.78 is 0. The molecule has 0 aromatic rings. The Kier molecular flexibility index (Phi) is 10.1. The molecule has 0 aliphatic rings. The van der Waals surface area contributed by atoms with Crippen LogP contribution in [0.5, 0.6) is 0 Å². The van der Waals surface area contributed by atoms with Gasteiger partial charge in [-0.15, -0.1) is 0 Å². The van der Waals surface area contributed by atoms with Gasteiger partial charge in [0.1, 0.15) is 0 Å². The predicted octanol–water partition coefficient (Wildman–Crippen LogP) is 4.42. The van der Waals surface area contributed by atoms with Crippen LogP contribution in [-0.2, 0) is 0 Å². The first-order valence-electron chi connectivity index (χ1n) is 5.01. The van der Waals surface area contributed by atoms with E-state index in [2.05, 4.69) is 37.8 Å². The van der Waals surface area contributed by atoms with Crippen molar-refractivity contribution in [1.82, 2.24) is 0 Å². The van der Waals surface area contributed by atoms with Crippen molar-refractivity contribution >= 4 is 0 Å². The van der Waals surface area contributed by atoms with Gasteiger partial charge in [0, 0.05) is 0 Å². The Balaban J connectivity index is 3.24. The lowest BCUT2D eigenvalue weighted by Crippen LogP contribution is -1.68. The number of unbranched alkanes of at least 4 members (excludes halogenated alkanes) is 2. The fourth-order valence-electron chi connectivity index (χ4n) is 0.956. The summed E-state index contributed by atoms with van der Waals surface area (Å²) in [5.74, 6) is 0. The van der Waals surface area contributed by atoms with E-state index in [1.54, 1.807) is 6.08 Å². The molecule has 13 heavy (non-hydrogen) atoms. The van der Waals surface area contributed by atoms with Gasteiger partial charge >= 0.3 is 0 Å². The zero-order valence-electron chi connectivity index (χ0n) is 8.58. The summed E-state index contributed by atoms with van der Waals surface area (Å²) in [6.45, 7) is 5.76. The molecule has 0 fully saturated rings. The Labute approximate surface area is 82.4 Å². The van der Waals surface area contributed by atoms with Crippen LogP contribution in [0.3, 0.4) is 0 Å². The van der Waals surface area contributed by atoms with Crippen LogP contribution in [-0.4, -0.2) is 0 Å². The third-order valence-electron chi connectivity index (χ3n) is 1.64. The molecule has 0 N–H and O–H groups in total. The van der Waals surface area contributed by atoms with Gasteiger partial charge in [0.05, 0.1) is 0 Å². The largest absolute Gasteiger partial charge is 0.0991 e. The van der Waals surface area contributed by atoms with Gasteiger partial charge < -0.3 is 0 Å². The maximum atomic E-state index is 3.60. The zero-order chi connectivity index (χ0) is 9.78. The Morgan fingerprint density at radius 3 is 2.38 bits per heavy atom. The molecule has 0 saturated heterocycles. The lowest BCUT2D eigenvalue weighted by Gasteiger charge is -1.88. The fraction of sp³-hybridized carbons (Fsp3) is 0.385. The first-order chi connectivity index (χ1) is 6.41. The second-order valence-electron chi connectivity index (χ2n) is 2.86. The predicted molar refractivity (Wildman–Crippen MR) is 61.8 cm³/mol. The van der Waals surface area contributed by atoms with Crippen LogP contribution in [0.15, 0.2) is 49.1 Å². The van der Waals surface area contributed by atoms with Crippen molar-refractivity contribution in [3.8, 4) is 0 Å². The molecule has 72 valence electrons. The van der Waals surface area contributed by atoms with Crippen molar-refractivity contribution in [2.45, 2.75) is 32.6 Å². The third-order valence-corrected chi connectivity index (χ3v) is 1.64. The van der Waals surface area contributed by atoms with Gasteiger partial charge in [-0.05, 0) is 25.7 Å². The molecule has 0 rings (SSSR count). The minimum Gasteiger partial charge on any atom is -0.0991 e. The average molecular weight is 176 g/mol. The minimum atomic E-state index is 1.15.